The second-order valence-electron chi connectivity index (χ2n) is 5.75. The maximum absolute atomic E-state index is 6.44. The lowest BCUT2D eigenvalue weighted by Crippen LogP contribution is -2.26. The quantitative estimate of drug-likeness (QED) is 0.710. The van der Waals surface area contributed by atoms with Crippen molar-refractivity contribution in [1.29, 1.82) is 0 Å². The van der Waals surface area contributed by atoms with E-state index in [1.807, 2.05) is 6.07 Å². The highest BCUT2D eigenvalue weighted by Gasteiger charge is 2.43. The molecular formula is C15H19ClO. The standard InChI is InChI=1S/C15H19ClO/c1-15-8-3-4-12(15)10-5-6-13(17-2)14(16)11(10)7-9-15/h5-6,12H,3-4,7-9H2,1-2H3/t12-,15+/m0/s1. The van der Waals surface area contributed by atoms with Gasteiger partial charge >= 0.3 is 0 Å². The lowest BCUT2D eigenvalue weighted by Gasteiger charge is -2.38. The van der Waals surface area contributed by atoms with Gasteiger partial charge in [-0.25, -0.2) is 0 Å². The average Bonchev–Trinajstić information content (AvgIpc) is 2.71. The highest BCUT2D eigenvalue weighted by molar-refractivity contribution is 6.33. The minimum absolute atomic E-state index is 0.519. The molecule has 17 heavy (non-hydrogen) atoms. The van der Waals surface area contributed by atoms with Crippen molar-refractivity contribution in [2.75, 3.05) is 7.11 Å². The first-order valence-electron chi connectivity index (χ1n) is 6.51. The van der Waals surface area contributed by atoms with E-state index in [9.17, 15) is 0 Å². The minimum atomic E-state index is 0.519. The van der Waals surface area contributed by atoms with Crippen molar-refractivity contribution >= 4 is 11.6 Å². The third kappa shape index (κ3) is 1.59. The molecule has 1 aromatic carbocycles. The van der Waals surface area contributed by atoms with Crippen molar-refractivity contribution in [2.45, 2.75) is 44.9 Å². The largest absolute Gasteiger partial charge is 0.495 e. The van der Waals surface area contributed by atoms with Gasteiger partial charge in [0.1, 0.15) is 5.75 Å². The summed E-state index contributed by atoms with van der Waals surface area (Å²) in [6, 6.07) is 4.28. The predicted molar refractivity (Wildman–Crippen MR) is 71.0 cm³/mol. The molecule has 2 atom stereocenters. The third-order valence-corrected chi connectivity index (χ3v) is 5.28. The summed E-state index contributed by atoms with van der Waals surface area (Å²) in [7, 11) is 1.69. The molecule has 2 aliphatic carbocycles. The minimum Gasteiger partial charge on any atom is -0.495 e. The molecule has 2 heteroatoms. The zero-order valence-electron chi connectivity index (χ0n) is 10.6. The molecule has 0 amide bonds. The normalized spacial score (nSPS) is 30.9. The van der Waals surface area contributed by atoms with Crippen LogP contribution in [0.15, 0.2) is 12.1 Å². The molecule has 0 N–H and O–H groups in total. The fraction of sp³-hybridized carbons (Fsp3) is 0.600. The number of halogens is 1. The van der Waals surface area contributed by atoms with E-state index in [4.69, 9.17) is 16.3 Å². The molecular weight excluding hydrogens is 232 g/mol. The second-order valence-corrected chi connectivity index (χ2v) is 6.13. The molecule has 0 unspecified atom stereocenters. The Balaban J connectivity index is 2.11. The number of benzene rings is 1. The third-order valence-electron chi connectivity index (χ3n) is 4.87. The van der Waals surface area contributed by atoms with Crippen LogP contribution < -0.4 is 4.74 Å². The van der Waals surface area contributed by atoms with E-state index in [0.29, 0.717) is 5.41 Å². The van der Waals surface area contributed by atoms with Crippen molar-refractivity contribution in [3.63, 3.8) is 0 Å². The van der Waals surface area contributed by atoms with Gasteiger partial charge in [-0.15, -0.1) is 0 Å². The van der Waals surface area contributed by atoms with Crippen LogP contribution in [-0.2, 0) is 6.42 Å². The van der Waals surface area contributed by atoms with Gasteiger partial charge < -0.3 is 4.74 Å². The number of methoxy groups -OCH3 is 1. The molecule has 0 saturated heterocycles. The molecule has 1 saturated carbocycles. The number of rotatable bonds is 1. The first-order chi connectivity index (χ1) is 8.15. The van der Waals surface area contributed by atoms with E-state index in [1.165, 1.54) is 36.8 Å². The summed E-state index contributed by atoms with van der Waals surface area (Å²) >= 11 is 6.44. The molecule has 0 aliphatic heterocycles. The van der Waals surface area contributed by atoms with Crippen molar-refractivity contribution in [3.05, 3.63) is 28.3 Å². The van der Waals surface area contributed by atoms with Gasteiger partial charge in [0.05, 0.1) is 12.1 Å². The summed E-state index contributed by atoms with van der Waals surface area (Å²) in [5.74, 6) is 1.54. The van der Waals surface area contributed by atoms with Crippen LogP contribution in [0.5, 0.6) is 5.75 Å². The number of fused-ring (bicyclic) bond motifs is 3. The molecule has 2 aliphatic rings. The van der Waals surface area contributed by atoms with Crippen LogP contribution in [0.4, 0.5) is 0 Å². The maximum Gasteiger partial charge on any atom is 0.137 e. The summed E-state index contributed by atoms with van der Waals surface area (Å²) in [4.78, 5) is 0. The van der Waals surface area contributed by atoms with Gasteiger partial charge in [-0.3, -0.25) is 0 Å². The molecule has 1 aromatic rings. The van der Waals surface area contributed by atoms with Crippen molar-refractivity contribution < 1.29 is 4.74 Å². The predicted octanol–water partition coefficient (Wildman–Crippen LogP) is 4.57. The SMILES string of the molecule is COc1ccc2c(c1Cl)CC[C@@]1(C)CCC[C@@H]21. The maximum atomic E-state index is 6.44. The smallest absolute Gasteiger partial charge is 0.137 e. The van der Waals surface area contributed by atoms with Gasteiger partial charge in [0.15, 0.2) is 0 Å². The summed E-state index contributed by atoms with van der Waals surface area (Å²) < 4.78 is 5.32. The van der Waals surface area contributed by atoms with Gasteiger partial charge in [-0.05, 0) is 54.2 Å². The average molecular weight is 251 g/mol. The van der Waals surface area contributed by atoms with E-state index in [2.05, 4.69) is 13.0 Å². The zero-order valence-corrected chi connectivity index (χ0v) is 11.3. The molecule has 0 bridgehead atoms. The molecule has 0 spiro atoms. The lowest BCUT2D eigenvalue weighted by atomic mass is 9.67. The van der Waals surface area contributed by atoms with Crippen LogP contribution >= 0.6 is 11.6 Å². The fourth-order valence-corrected chi connectivity index (χ4v) is 4.17. The summed E-state index contributed by atoms with van der Waals surface area (Å²) in [6.45, 7) is 2.45. The topological polar surface area (TPSA) is 9.23 Å². The van der Waals surface area contributed by atoms with Crippen LogP contribution in [0.3, 0.4) is 0 Å². The molecule has 92 valence electrons. The van der Waals surface area contributed by atoms with Gasteiger partial charge in [0.2, 0.25) is 0 Å². The van der Waals surface area contributed by atoms with E-state index in [1.54, 1.807) is 7.11 Å². The number of ether oxygens (including phenoxy) is 1. The molecule has 0 heterocycles. The van der Waals surface area contributed by atoms with E-state index >= 15 is 0 Å². The first kappa shape index (κ1) is 11.4. The monoisotopic (exact) mass is 250 g/mol. The first-order valence-corrected chi connectivity index (χ1v) is 6.89. The Morgan fingerprint density at radius 2 is 2.18 bits per heavy atom. The molecule has 0 radical (unpaired) electrons. The Hall–Kier alpha value is -0.690. The Morgan fingerprint density at radius 3 is 2.94 bits per heavy atom. The van der Waals surface area contributed by atoms with E-state index < -0.39 is 0 Å². The van der Waals surface area contributed by atoms with Crippen molar-refractivity contribution in [3.8, 4) is 5.75 Å². The summed E-state index contributed by atoms with van der Waals surface area (Å²) in [6.07, 6.45) is 6.45. The Kier molecular flexibility index (Phi) is 2.62. The van der Waals surface area contributed by atoms with Gasteiger partial charge in [0, 0.05) is 0 Å². The van der Waals surface area contributed by atoms with Crippen molar-refractivity contribution in [1.82, 2.24) is 0 Å². The molecule has 3 rings (SSSR count). The fourth-order valence-electron chi connectivity index (χ4n) is 3.83. The van der Waals surface area contributed by atoms with Crippen LogP contribution in [-0.4, -0.2) is 7.11 Å². The summed E-state index contributed by atoms with van der Waals surface area (Å²) in [5, 5.41) is 0.846. The number of hydrogen-bond donors (Lipinski definition) is 0. The van der Waals surface area contributed by atoms with Gasteiger partial charge in [-0.1, -0.05) is 31.0 Å². The Morgan fingerprint density at radius 1 is 1.35 bits per heavy atom. The lowest BCUT2D eigenvalue weighted by molar-refractivity contribution is 0.252. The van der Waals surface area contributed by atoms with E-state index in [0.717, 1.165) is 23.1 Å². The molecule has 1 nitrogen and oxygen atoms in total. The van der Waals surface area contributed by atoms with Crippen molar-refractivity contribution in [2.24, 2.45) is 5.41 Å². The number of hydrogen-bond acceptors (Lipinski definition) is 1. The van der Waals surface area contributed by atoms with E-state index in [-0.39, 0.29) is 0 Å². The summed E-state index contributed by atoms with van der Waals surface area (Å²) in [5.41, 5.74) is 3.35. The second kappa shape index (κ2) is 3.91. The van der Waals surface area contributed by atoms with Crippen LogP contribution in [0.1, 0.15) is 49.7 Å². The van der Waals surface area contributed by atoms with Gasteiger partial charge in [-0.2, -0.15) is 0 Å². The van der Waals surface area contributed by atoms with Crippen LogP contribution in [0.2, 0.25) is 5.02 Å². The van der Waals surface area contributed by atoms with Gasteiger partial charge in [0.25, 0.3) is 0 Å². The molecule has 0 aromatic heterocycles. The highest BCUT2D eigenvalue weighted by Crippen LogP contribution is 2.56. The zero-order chi connectivity index (χ0) is 12.0. The van der Waals surface area contributed by atoms with Crippen LogP contribution in [0, 0.1) is 5.41 Å². The molecule has 1 fully saturated rings. The Bertz CT molecular complexity index is 454. The van der Waals surface area contributed by atoms with Crippen LogP contribution in [0.25, 0.3) is 0 Å². The Labute approximate surface area is 108 Å². The highest BCUT2D eigenvalue weighted by atomic mass is 35.5.